The minimum Gasteiger partial charge on any atom is -0.335 e. The van der Waals surface area contributed by atoms with Gasteiger partial charge in [-0.2, -0.15) is 0 Å². The number of amides is 1. The van der Waals surface area contributed by atoms with Crippen LogP contribution in [0.4, 0.5) is 0 Å². The first kappa shape index (κ1) is 15.5. The molecule has 1 aliphatic carbocycles. The average molecular weight is 284 g/mol. The summed E-state index contributed by atoms with van der Waals surface area (Å²) in [6.07, 6.45) is 5.45. The van der Waals surface area contributed by atoms with Crippen LogP contribution in [0.5, 0.6) is 0 Å². The summed E-state index contributed by atoms with van der Waals surface area (Å²) in [7, 11) is 0. The third-order valence-electron chi connectivity index (χ3n) is 4.30. The molecule has 1 aromatic rings. The van der Waals surface area contributed by atoms with Gasteiger partial charge in [-0.15, -0.1) is 13.2 Å². The van der Waals surface area contributed by atoms with E-state index in [9.17, 15) is 4.79 Å². The van der Waals surface area contributed by atoms with Crippen molar-refractivity contribution in [2.75, 3.05) is 13.1 Å². The van der Waals surface area contributed by atoms with E-state index >= 15 is 0 Å². The van der Waals surface area contributed by atoms with Crippen molar-refractivity contribution < 1.29 is 4.79 Å². The molecule has 1 aliphatic rings. The highest BCUT2D eigenvalue weighted by molar-refractivity contribution is 5.80. The van der Waals surface area contributed by atoms with Crippen LogP contribution in [-0.4, -0.2) is 23.9 Å². The fourth-order valence-electron chi connectivity index (χ4n) is 2.99. The lowest BCUT2D eigenvalue weighted by Crippen LogP contribution is -2.47. The maximum absolute atomic E-state index is 12.6. The molecule has 0 aliphatic heterocycles. The van der Waals surface area contributed by atoms with Crippen molar-refractivity contribution >= 4 is 5.91 Å². The van der Waals surface area contributed by atoms with Crippen LogP contribution in [-0.2, 0) is 4.79 Å². The second-order valence-corrected chi connectivity index (χ2v) is 5.60. The predicted octanol–water partition coefficient (Wildman–Crippen LogP) is 2.91. The Balaban J connectivity index is 2.05. The molecule has 0 saturated heterocycles. The smallest absolute Gasteiger partial charge is 0.226 e. The first-order valence-corrected chi connectivity index (χ1v) is 7.50. The molecular formula is C18H24N2O. The van der Waals surface area contributed by atoms with Gasteiger partial charge in [-0.25, -0.2) is 0 Å². The summed E-state index contributed by atoms with van der Waals surface area (Å²) in [5, 5.41) is 0. The van der Waals surface area contributed by atoms with Crippen LogP contribution in [0, 0.1) is 11.8 Å². The zero-order valence-electron chi connectivity index (χ0n) is 12.4. The van der Waals surface area contributed by atoms with E-state index in [0.29, 0.717) is 13.1 Å². The summed E-state index contributed by atoms with van der Waals surface area (Å²) in [5.41, 5.74) is 7.48. The van der Waals surface area contributed by atoms with Crippen molar-refractivity contribution in [3.05, 3.63) is 61.2 Å². The van der Waals surface area contributed by atoms with Crippen LogP contribution >= 0.6 is 0 Å². The van der Waals surface area contributed by atoms with Crippen molar-refractivity contribution in [1.82, 2.24) is 4.90 Å². The fourth-order valence-corrected chi connectivity index (χ4v) is 2.99. The third-order valence-corrected chi connectivity index (χ3v) is 4.30. The van der Waals surface area contributed by atoms with Gasteiger partial charge in [0.15, 0.2) is 0 Å². The standard InChI is InChI=1S/C18H24N2O/c1-3-12-20(13-4-2)18(21)16-11-10-15(16)17(19)14-8-6-5-7-9-14/h3-9,15-17H,1-2,10-13,19H2/t15-,16-,17?/m1/s1. The van der Waals surface area contributed by atoms with Gasteiger partial charge in [0, 0.05) is 25.0 Å². The number of nitrogens with zero attached hydrogens (tertiary/aromatic N) is 1. The summed E-state index contributed by atoms with van der Waals surface area (Å²) in [4.78, 5) is 14.4. The van der Waals surface area contributed by atoms with Gasteiger partial charge >= 0.3 is 0 Å². The van der Waals surface area contributed by atoms with Crippen LogP contribution in [0.25, 0.3) is 0 Å². The van der Waals surface area contributed by atoms with E-state index in [1.54, 1.807) is 17.1 Å². The fraction of sp³-hybridized carbons (Fsp3) is 0.389. The zero-order chi connectivity index (χ0) is 15.2. The second-order valence-electron chi connectivity index (χ2n) is 5.60. The van der Waals surface area contributed by atoms with Gasteiger partial charge in [-0.05, 0) is 24.3 Å². The molecule has 0 bridgehead atoms. The van der Waals surface area contributed by atoms with Crippen molar-refractivity contribution in [2.45, 2.75) is 18.9 Å². The molecule has 1 amide bonds. The molecule has 0 radical (unpaired) electrons. The van der Waals surface area contributed by atoms with E-state index in [2.05, 4.69) is 13.2 Å². The van der Waals surface area contributed by atoms with E-state index < -0.39 is 0 Å². The van der Waals surface area contributed by atoms with E-state index in [1.807, 2.05) is 30.3 Å². The lowest BCUT2D eigenvalue weighted by atomic mass is 9.67. The van der Waals surface area contributed by atoms with Crippen LogP contribution in [0.15, 0.2) is 55.6 Å². The Labute approximate surface area is 127 Å². The van der Waals surface area contributed by atoms with Crippen LogP contribution in [0.1, 0.15) is 24.4 Å². The largest absolute Gasteiger partial charge is 0.335 e. The summed E-state index contributed by atoms with van der Waals surface area (Å²) >= 11 is 0. The molecule has 0 heterocycles. The molecule has 1 unspecified atom stereocenters. The number of hydrogen-bond donors (Lipinski definition) is 1. The molecular weight excluding hydrogens is 260 g/mol. The summed E-state index contributed by atoms with van der Waals surface area (Å²) in [6.45, 7) is 8.56. The summed E-state index contributed by atoms with van der Waals surface area (Å²) in [6, 6.07) is 9.98. The molecule has 3 atom stereocenters. The average Bonchev–Trinajstić information content (AvgIpc) is 2.46. The van der Waals surface area contributed by atoms with Crippen LogP contribution in [0.2, 0.25) is 0 Å². The van der Waals surface area contributed by atoms with Crippen molar-refractivity contribution in [3.8, 4) is 0 Å². The molecule has 1 fully saturated rings. The first-order valence-electron chi connectivity index (χ1n) is 7.50. The van der Waals surface area contributed by atoms with E-state index in [0.717, 1.165) is 18.4 Å². The topological polar surface area (TPSA) is 46.3 Å². The van der Waals surface area contributed by atoms with E-state index in [4.69, 9.17) is 5.73 Å². The lowest BCUT2D eigenvalue weighted by Gasteiger charge is -2.41. The van der Waals surface area contributed by atoms with Crippen molar-refractivity contribution in [1.29, 1.82) is 0 Å². The molecule has 21 heavy (non-hydrogen) atoms. The van der Waals surface area contributed by atoms with Crippen molar-refractivity contribution in [2.24, 2.45) is 17.6 Å². The quantitative estimate of drug-likeness (QED) is 0.783. The van der Waals surface area contributed by atoms with Gasteiger partial charge < -0.3 is 10.6 Å². The van der Waals surface area contributed by atoms with Crippen LogP contribution < -0.4 is 5.73 Å². The highest BCUT2D eigenvalue weighted by Gasteiger charge is 2.41. The highest BCUT2D eigenvalue weighted by atomic mass is 16.2. The Morgan fingerprint density at radius 3 is 2.33 bits per heavy atom. The Morgan fingerprint density at radius 2 is 1.86 bits per heavy atom. The number of hydrogen-bond acceptors (Lipinski definition) is 2. The maximum Gasteiger partial charge on any atom is 0.226 e. The molecule has 1 aromatic carbocycles. The lowest BCUT2D eigenvalue weighted by molar-refractivity contribution is -0.140. The van der Waals surface area contributed by atoms with E-state index in [1.165, 1.54) is 0 Å². The van der Waals surface area contributed by atoms with Gasteiger partial charge in [0.05, 0.1) is 0 Å². The van der Waals surface area contributed by atoms with Crippen molar-refractivity contribution in [3.63, 3.8) is 0 Å². The third kappa shape index (κ3) is 3.42. The second kappa shape index (κ2) is 7.23. The molecule has 112 valence electrons. The molecule has 2 rings (SSSR count). The highest BCUT2D eigenvalue weighted by Crippen LogP contribution is 2.42. The molecule has 1 saturated carbocycles. The SMILES string of the molecule is C=CCN(CC=C)C(=O)[C@@H]1CC[C@H]1C(N)c1ccccc1. The Morgan fingerprint density at radius 1 is 1.24 bits per heavy atom. The molecule has 2 N–H and O–H groups in total. The Hall–Kier alpha value is -1.87. The predicted molar refractivity (Wildman–Crippen MR) is 86.6 cm³/mol. The number of benzene rings is 1. The number of carbonyl (C=O) groups is 1. The molecule has 0 spiro atoms. The van der Waals surface area contributed by atoms with Gasteiger partial charge in [0.25, 0.3) is 0 Å². The normalized spacial score (nSPS) is 22.0. The molecule has 3 heteroatoms. The van der Waals surface area contributed by atoms with Gasteiger partial charge in [-0.1, -0.05) is 42.5 Å². The van der Waals surface area contributed by atoms with Gasteiger partial charge in [0.1, 0.15) is 0 Å². The van der Waals surface area contributed by atoms with Crippen LogP contribution in [0.3, 0.4) is 0 Å². The van der Waals surface area contributed by atoms with Gasteiger partial charge in [-0.3, -0.25) is 4.79 Å². The zero-order valence-corrected chi connectivity index (χ0v) is 12.4. The number of nitrogens with two attached hydrogens (primary N) is 1. The summed E-state index contributed by atoms with van der Waals surface area (Å²) < 4.78 is 0. The number of carbonyl (C=O) groups excluding carboxylic acids is 1. The first-order chi connectivity index (χ1) is 10.2. The molecule has 0 aromatic heterocycles. The minimum atomic E-state index is -0.0665. The number of rotatable bonds is 7. The maximum atomic E-state index is 12.6. The minimum absolute atomic E-state index is 0.0279. The molecule has 3 nitrogen and oxygen atoms in total. The van der Waals surface area contributed by atoms with Gasteiger partial charge in [0.2, 0.25) is 5.91 Å². The Bertz CT molecular complexity index is 487. The van der Waals surface area contributed by atoms with E-state index in [-0.39, 0.29) is 23.8 Å². The monoisotopic (exact) mass is 284 g/mol. The summed E-state index contributed by atoms with van der Waals surface area (Å²) in [5.74, 6) is 0.439. The Kier molecular flexibility index (Phi) is 5.34.